The van der Waals surface area contributed by atoms with E-state index in [0.29, 0.717) is 35.9 Å². The van der Waals surface area contributed by atoms with Crippen LogP contribution in [0.3, 0.4) is 0 Å². The number of methoxy groups -OCH3 is 2. The maximum absolute atomic E-state index is 14.0. The minimum atomic E-state index is -3.91. The minimum absolute atomic E-state index is 0.0268. The first-order chi connectivity index (χ1) is 19.0. The monoisotopic (exact) mass is 572 g/mol. The van der Waals surface area contributed by atoms with Crippen molar-refractivity contribution in [3.63, 3.8) is 0 Å². The van der Waals surface area contributed by atoms with Crippen LogP contribution in [0.25, 0.3) is 5.69 Å². The van der Waals surface area contributed by atoms with Gasteiger partial charge in [-0.25, -0.2) is 18.4 Å². The number of hydrogen-bond donors (Lipinski definition) is 0. The summed E-state index contributed by atoms with van der Waals surface area (Å²) in [7, 11) is 0.820. The number of ether oxygens (including phenoxy) is 3. The fourth-order valence-corrected chi connectivity index (χ4v) is 6.14. The molecule has 0 spiro atoms. The number of amides is 1. The van der Waals surface area contributed by atoms with E-state index in [0.717, 1.165) is 5.56 Å². The normalized spacial score (nSPS) is 17.4. The molecule has 2 aromatic heterocycles. The number of rotatable bonds is 11. The number of sulfone groups is 1. The van der Waals surface area contributed by atoms with Gasteiger partial charge in [-0.3, -0.25) is 9.36 Å². The highest BCUT2D eigenvalue weighted by atomic mass is 32.2. The van der Waals surface area contributed by atoms with Crippen LogP contribution < -0.4 is 9.47 Å². The van der Waals surface area contributed by atoms with Gasteiger partial charge in [-0.1, -0.05) is 6.07 Å². The van der Waals surface area contributed by atoms with Crippen LogP contribution in [-0.4, -0.2) is 76.6 Å². The Kier molecular flexibility index (Phi) is 8.74. The van der Waals surface area contributed by atoms with Gasteiger partial charge in [-0.05, 0) is 51.8 Å². The molecule has 1 aliphatic heterocycles. The Labute approximate surface area is 234 Å². The molecular formula is C27H36N6O6S. The SMILES string of the molecule is COc1cccc(OC)c1-n1c(CS(=O)(=O)[C@@H](C)[C@@H](OC(C)C)c2ncc(C)cn2)nnc1[C@@H]1CCC(=O)N1C. The third-order valence-electron chi connectivity index (χ3n) is 6.97. The van der Waals surface area contributed by atoms with Crippen molar-refractivity contribution in [2.45, 2.75) is 69.8 Å². The number of carbonyl (C=O) groups excluding carboxylic acids is 1. The van der Waals surface area contributed by atoms with Gasteiger partial charge in [-0.15, -0.1) is 10.2 Å². The topological polar surface area (TPSA) is 139 Å². The molecule has 1 aromatic carbocycles. The zero-order valence-corrected chi connectivity index (χ0v) is 24.7. The van der Waals surface area contributed by atoms with Gasteiger partial charge in [0.1, 0.15) is 29.0 Å². The van der Waals surface area contributed by atoms with E-state index in [1.165, 1.54) is 14.2 Å². The van der Waals surface area contributed by atoms with E-state index in [4.69, 9.17) is 14.2 Å². The summed E-state index contributed by atoms with van der Waals surface area (Å²) in [5, 5.41) is 7.72. The maximum atomic E-state index is 14.0. The van der Waals surface area contributed by atoms with Crippen LogP contribution in [0.2, 0.25) is 0 Å². The highest BCUT2D eigenvalue weighted by Gasteiger charge is 2.39. The van der Waals surface area contributed by atoms with E-state index >= 15 is 0 Å². The van der Waals surface area contributed by atoms with Crippen molar-refractivity contribution in [1.82, 2.24) is 29.6 Å². The molecule has 1 amide bonds. The third kappa shape index (κ3) is 5.80. The van der Waals surface area contributed by atoms with E-state index in [1.807, 2.05) is 20.8 Å². The quantitative estimate of drug-likeness (QED) is 0.337. The fraction of sp³-hybridized carbons (Fsp3) is 0.519. The summed E-state index contributed by atoms with van der Waals surface area (Å²) in [6, 6.07) is 4.85. The van der Waals surface area contributed by atoms with Gasteiger partial charge in [0, 0.05) is 25.9 Å². The van der Waals surface area contributed by atoms with Crippen LogP contribution in [0.15, 0.2) is 30.6 Å². The lowest BCUT2D eigenvalue weighted by atomic mass is 10.2. The van der Waals surface area contributed by atoms with Crippen molar-refractivity contribution in [1.29, 1.82) is 0 Å². The third-order valence-corrected chi connectivity index (χ3v) is 9.01. The van der Waals surface area contributed by atoms with Gasteiger partial charge in [0.15, 0.2) is 27.3 Å². The number of para-hydroxylation sites is 1. The van der Waals surface area contributed by atoms with Gasteiger partial charge in [0.2, 0.25) is 5.91 Å². The molecular weight excluding hydrogens is 536 g/mol. The molecule has 3 atom stereocenters. The van der Waals surface area contributed by atoms with E-state index in [-0.39, 0.29) is 23.7 Å². The van der Waals surface area contributed by atoms with E-state index < -0.39 is 33.0 Å². The number of likely N-dealkylation sites (tertiary alicyclic amines) is 1. The Balaban J connectivity index is 1.82. The lowest BCUT2D eigenvalue weighted by molar-refractivity contribution is -0.127. The molecule has 0 bridgehead atoms. The standard InChI is InChI=1S/C27H36N6O6S/c1-16(2)39-25(26-28-13-17(3)14-29-26)18(4)40(35,36)15-22-30-31-27(19-11-12-23(34)32(19)5)33(22)24-20(37-6)9-8-10-21(24)38-7/h8-10,13-14,16,18-19,25H,11-12,15H2,1-7H3/t18-,19-,25+/m0/s1. The predicted octanol–water partition coefficient (Wildman–Crippen LogP) is 3.15. The second kappa shape index (κ2) is 11.9. The van der Waals surface area contributed by atoms with Gasteiger partial charge >= 0.3 is 0 Å². The Morgan fingerprint density at radius 3 is 2.20 bits per heavy atom. The number of hydrogen-bond acceptors (Lipinski definition) is 10. The first-order valence-corrected chi connectivity index (χ1v) is 14.8. The van der Waals surface area contributed by atoms with E-state index in [2.05, 4.69) is 20.2 Å². The lowest BCUT2D eigenvalue weighted by Crippen LogP contribution is -2.32. The molecule has 0 unspecified atom stereocenters. The minimum Gasteiger partial charge on any atom is -0.494 e. The molecule has 1 saturated heterocycles. The van der Waals surface area contributed by atoms with E-state index in [9.17, 15) is 13.2 Å². The summed E-state index contributed by atoms with van der Waals surface area (Å²) < 4.78 is 46.9. The first kappa shape index (κ1) is 29.4. The largest absolute Gasteiger partial charge is 0.494 e. The van der Waals surface area contributed by atoms with Gasteiger partial charge in [0.05, 0.1) is 31.6 Å². The Hall–Kier alpha value is -3.58. The zero-order chi connectivity index (χ0) is 29.2. The maximum Gasteiger partial charge on any atom is 0.223 e. The molecule has 13 heteroatoms. The predicted molar refractivity (Wildman–Crippen MR) is 147 cm³/mol. The molecule has 0 radical (unpaired) electrons. The Morgan fingerprint density at radius 1 is 1.05 bits per heavy atom. The van der Waals surface area contributed by atoms with Crippen LogP contribution in [-0.2, 0) is 25.1 Å². The summed E-state index contributed by atoms with van der Waals surface area (Å²) in [5.41, 5.74) is 1.30. The van der Waals surface area contributed by atoms with Crippen molar-refractivity contribution in [3.05, 3.63) is 53.6 Å². The van der Waals surface area contributed by atoms with Gasteiger partial charge in [-0.2, -0.15) is 0 Å². The molecule has 12 nitrogen and oxygen atoms in total. The van der Waals surface area contributed by atoms with Crippen LogP contribution in [0.1, 0.15) is 68.8 Å². The molecule has 0 N–H and O–H groups in total. The van der Waals surface area contributed by atoms with Crippen molar-refractivity contribution < 1.29 is 27.4 Å². The molecule has 4 rings (SSSR count). The van der Waals surface area contributed by atoms with Crippen LogP contribution in [0.4, 0.5) is 0 Å². The second-order valence-corrected chi connectivity index (χ2v) is 12.5. The average Bonchev–Trinajstić information content (AvgIpc) is 3.47. The fourth-order valence-electron chi connectivity index (χ4n) is 4.77. The number of aromatic nitrogens is 5. The molecule has 3 aromatic rings. The van der Waals surface area contributed by atoms with Crippen molar-refractivity contribution >= 4 is 15.7 Å². The zero-order valence-electron chi connectivity index (χ0n) is 23.9. The molecule has 0 aliphatic carbocycles. The van der Waals surface area contributed by atoms with Gasteiger partial charge in [0.25, 0.3) is 0 Å². The average molecular weight is 573 g/mol. The number of nitrogens with zero attached hydrogens (tertiary/aromatic N) is 6. The molecule has 1 aliphatic rings. The van der Waals surface area contributed by atoms with Crippen molar-refractivity contribution in [2.75, 3.05) is 21.3 Å². The number of aryl methyl sites for hydroxylation is 1. The number of benzene rings is 1. The highest BCUT2D eigenvalue weighted by Crippen LogP contribution is 2.39. The summed E-state index contributed by atoms with van der Waals surface area (Å²) in [6.07, 6.45) is 2.97. The summed E-state index contributed by atoms with van der Waals surface area (Å²) in [6.45, 7) is 7.10. The number of carbonyl (C=O) groups is 1. The summed E-state index contributed by atoms with van der Waals surface area (Å²) in [4.78, 5) is 22.7. The lowest BCUT2D eigenvalue weighted by Gasteiger charge is -2.26. The molecule has 0 saturated carbocycles. The Morgan fingerprint density at radius 2 is 1.68 bits per heavy atom. The smallest absolute Gasteiger partial charge is 0.223 e. The molecule has 1 fully saturated rings. The molecule has 216 valence electrons. The van der Waals surface area contributed by atoms with Crippen LogP contribution in [0, 0.1) is 6.92 Å². The summed E-state index contributed by atoms with van der Waals surface area (Å²) in [5.74, 6) is 1.25. The highest BCUT2D eigenvalue weighted by molar-refractivity contribution is 7.91. The van der Waals surface area contributed by atoms with Gasteiger partial charge < -0.3 is 19.1 Å². The Bertz CT molecular complexity index is 1430. The molecule has 40 heavy (non-hydrogen) atoms. The second-order valence-electron chi connectivity index (χ2n) is 10.1. The van der Waals surface area contributed by atoms with Crippen molar-refractivity contribution in [2.24, 2.45) is 0 Å². The van der Waals surface area contributed by atoms with Crippen molar-refractivity contribution in [3.8, 4) is 17.2 Å². The first-order valence-electron chi connectivity index (χ1n) is 13.0. The van der Waals surface area contributed by atoms with E-state index in [1.54, 1.807) is 54.0 Å². The van der Waals surface area contributed by atoms with Crippen LogP contribution >= 0.6 is 0 Å². The summed E-state index contributed by atoms with van der Waals surface area (Å²) >= 11 is 0. The molecule has 3 heterocycles. The van der Waals surface area contributed by atoms with Crippen LogP contribution in [0.5, 0.6) is 11.5 Å².